The van der Waals surface area contributed by atoms with E-state index in [2.05, 4.69) is 32.8 Å². The molecule has 0 heterocycles. The summed E-state index contributed by atoms with van der Waals surface area (Å²) in [5.41, 5.74) is 1.82. The van der Waals surface area contributed by atoms with Crippen molar-refractivity contribution in [2.75, 3.05) is 27.7 Å². The average molecular weight is 424 g/mol. The number of amides is 1. The van der Waals surface area contributed by atoms with Gasteiger partial charge in [-0.1, -0.05) is 18.2 Å². The molecule has 0 aliphatic carbocycles. The number of hydrogen-bond donors (Lipinski definition) is 1. The Bertz CT molecular complexity index is 656. The topological polar surface area (TPSA) is 41.6 Å². The fraction of sp³-hybridized carbons (Fsp3) is 0.278. The van der Waals surface area contributed by atoms with Gasteiger partial charge in [-0.25, -0.2) is 0 Å². The highest BCUT2D eigenvalue weighted by molar-refractivity contribution is 14.1. The molecule has 0 bridgehead atoms. The predicted octanol–water partition coefficient (Wildman–Crippen LogP) is 3.33. The number of methoxy groups -OCH3 is 1. The second-order valence-electron chi connectivity index (χ2n) is 5.47. The van der Waals surface area contributed by atoms with Crippen molar-refractivity contribution in [2.24, 2.45) is 0 Å². The maximum absolute atomic E-state index is 12.3. The van der Waals surface area contributed by atoms with Gasteiger partial charge >= 0.3 is 0 Å². The number of benzene rings is 2. The molecular formula is C18H21IN2O2. The number of likely N-dealkylation sites (N-methyl/N-ethyl adjacent to an activating group) is 1. The lowest BCUT2D eigenvalue weighted by atomic mass is 10.1. The third kappa shape index (κ3) is 4.94. The van der Waals surface area contributed by atoms with Crippen LogP contribution in [0.2, 0.25) is 0 Å². The summed E-state index contributed by atoms with van der Waals surface area (Å²) in [6.07, 6.45) is 0. The van der Waals surface area contributed by atoms with Crippen molar-refractivity contribution in [2.45, 2.75) is 6.04 Å². The van der Waals surface area contributed by atoms with Gasteiger partial charge in [-0.15, -0.1) is 0 Å². The molecule has 1 unspecified atom stereocenters. The Balaban J connectivity index is 2.06. The van der Waals surface area contributed by atoms with Crippen LogP contribution in [0.3, 0.4) is 0 Å². The van der Waals surface area contributed by atoms with Gasteiger partial charge in [0.05, 0.1) is 13.2 Å². The standard InChI is InChI=1S/C18H21IN2O2/c1-21(2)17(13-7-9-16(23-3)10-8-13)12-20-18(22)14-5-4-6-15(19)11-14/h4-11,17H,12H2,1-3H3,(H,20,22). The summed E-state index contributed by atoms with van der Waals surface area (Å²) in [5, 5.41) is 3.02. The number of halogens is 1. The van der Waals surface area contributed by atoms with Crippen LogP contribution in [-0.2, 0) is 0 Å². The molecule has 5 heteroatoms. The van der Waals surface area contributed by atoms with E-state index in [1.165, 1.54) is 0 Å². The molecule has 1 N–H and O–H groups in total. The quantitative estimate of drug-likeness (QED) is 0.724. The number of carbonyl (C=O) groups is 1. The fourth-order valence-electron chi connectivity index (χ4n) is 2.35. The summed E-state index contributed by atoms with van der Waals surface area (Å²) in [5.74, 6) is 0.776. The normalized spacial score (nSPS) is 12.0. The minimum Gasteiger partial charge on any atom is -0.497 e. The second-order valence-corrected chi connectivity index (χ2v) is 6.72. The minimum atomic E-state index is -0.0520. The molecule has 0 saturated carbocycles. The Kier molecular flexibility index (Phi) is 6.41. The number of hydrogen-bond acceptors (Lipinski definition) is 3. The van der Waals surface area contributed by atoms with Gasteiger partial charge < -0.3 is 15.0 Å². The first-order valence-corrected chi connectivity index (χ1v) is 8.43. The Morgan fingerprint density at radius 1 is 1.22 bits per heavy atom. The molecule has 0 fully saturated rings. The highest BCUT2D eigenvalue weighted by atomic mass is 127. The minimum absolute atomic E-state index is 0.0520. The highest BCUT2D eigenvalue weighted by Crippen LogP contribution is 2.21. The molecule has 0 spiro atoms. The molecule has 0 aliphatic heterocycles. The maximum atomic E-state index is 12.3. The molecule has 1 amide bonds. The van der Waals surface area contributed by atoms with Gasteiger partial charge in [-0.3, -0.25) is 4.79 Å². The SMILES string of the molecule is COc1ccc(C(CNC(=O)c2cccc(I)c2)N(C)C)cc1. The third-order valence-electron chi connectivity index (χ3n) is 3.67. The van der Waals surface area contributed by atoms with Gasteiger partial charge in [-0.2, -0.15) is 0 Å². The van der Waals surface area contributed by atoms with Crippen LogP contribution in [0.25, 0.3) is 0 Å². The Hall–Kier alpha value is -1.60. The van der Waals surface area contributed by atoms with Gasteiger partial charge in [0.25, 0.3) is 5.91 Å². The number of rotatable bonds is 6. The first-order chi connectivity index (χ1) is 11.0. The van der Waals surface area contributed by atoms with Crippen LogP contribution in [0, 0.1) is 3.57 Å². The van der Waals surface area contributed by atoms with Crippen LogP contribution >= 0.6 is 22.6 Å². The smallest absolute Gasteiger partial charge is 0.251 e. The molecular weight excluding hydrogens is 403 g/mol. The lowest BCUT2D eigenvalue weighted by Gasteiger charge is -2.25. The van der Waals surface area contributed by atoms with Gasteiger partial charge in [-0.05, 0) is 72.6 Å². The number of nitrogens with zero attached hydrogens (tertiary/aromatic N) is 1. The zero-order valence-electron chi connectivity index (χ0n) is 13.5. The van der Waals surface area contributed by atoms with E-state index in [0.717, 1.165) is 14.9 Å². The fourth-order valence-corrected chi connectivity index (χ4v) is 2.89. The Labute approximate surface area is 151 Å². The molecule has 2 aromatic rings. The molecule has 1 atom stereocenters. The zero-order chi connectivity index (χ0) is 16.8. The van der Waals surface area contributed by atoms with Crippen LogP contribution in [0.4, 0.5) is 0 Å². The van der Waals surface area contributed by atoms with E-state index in [1.807, 2.05) is 62.6 Å². The van der Waals surface area contributed by atoms with E-state index < -0.39 is 0 Å². The lowest BCUT2D eigenvalue weighted by molar-refractivity contribution is 0.0942. The summed E-state index contributed by atoms with van der Waals surface area (Å²) in [7, 11) is 5.67. The van der Waals surface area contributed by atoms with Crippen molar-refractivity contribution in [1.29, 1.82) is 0 Å². The molecule has 2 rings (SSSR count). The summed E-state index contributed by atoms with van der Waals surface area (Å²) in [6.45, 7) is 0.545. The summed E-state index contributed by atoms with van der Waals surface area (Å²) >= 11 is 2.21. The third-order valence-corrected chi connectivity index (χ3v) is 4.34. The van der Waals surface area contributed by atoms with Crippen molar-refractivity contribution >= 4 is 28.5 Å². The maximum Gasteiger partial charge on any atom is 0.251 e. The van der Waals surface area contributed by atoms with Crippen LogP contribution in [-0.4, -0.2) is 38.6 Å². The van der Waals surface area contributed by atoms with Crippen LogP contribution in [0.5, 0.6) is 5.75 Å². The molecule has 0 aliphatic rings. The molecule has 4 nitrogen and oxygen atoms in total. The van der Waals surface area contributed by atoms with Crippen molar-refractivity contribution in [3.8, 4) is 5.75 Å². The Morgan fingerprint density at radius 2 is 1.91 bits per heavy atom. The van der Waals surface area contributed by atoms with Crippen molar-refractivity contribution in [1.82, 2.24) is 10.2 Å². The zero-order valence-corrected chi connectivity index (χ0v) is 15.7. The second kappa shape index (κ2) is 8.31. The molecule has 0 aromatic heterocycles. The number of nitrogens with one attached hydrogen (secondary N) is 1. The predicted molar refractivity (Wildman–Crippen MR) is 101 cm³/mol. The number of ether oxygens (including phenoxy) is 1. The molecule has 0 radical (unpaired) electrons. The van der Waals surface area contributed by atoms with E-state index in [4.69, 9.17) is 4.74 Å². The largest absolute Gasteiger partial charge is 0.497 e. The van der Waals surface area contributed by atoms with E-state index >= 15 is 0 Å². The Morgan fingerprint density at radius 3 is 2.48 bits per heavy atom. The van der Waals surface area contributed by atoms with Crippen LogP contribution in [0.15, 0.2) is 48.5 Å². The van der Waals surface area contributed by atoms with Gasteiger partial charge in [0.1, 0.15) is 5.75 Å². The van der Waals surface area contributed by atoms with Crippen LogP contribution < -0.4 is 10.1 Å². The monoisotopic (exact) mass is 424 g/mol. The molecule has 122 valence electrons. The first kappa shape index (κ1) is 17.7. The summed E-state index contributed by atoms with van der Waals surface area (Å²) < 4.78 is 6.24. The average Bonchev–Trinajstić information content (AvgIpc) is 2.55. The van der Waals surface area contributed by atoms with E-state index in [9.17, 15) is 4.79 Å². The first-order valence-electron chi connectivity index (χ1n) is 7.35. The van der Waals surface area contributed by atoms with Crippen molar-refractivity contribution in [3.63, 3.8) is 0 Å². The van der Waals surface area contributed by atoms with Crippen LogP contribution in [0.1, 0.15) is 22.0 Å². The van der Waals surface area contributed by atoms with Gasteiger partial charge in [0.2, 0.25) is 0 Å². The molecule has 0 saturated heterocycles. The molecule has 2 aromatic carbocycles. The lowest BCUT2D eigenvalue weighted by Crippen LogP contribution is -2.34. The van der Waals surface area contributed by atoms with Crippen molar-refractivity contribution in [3.05, 3.63) is 63.2 Å². The van der Waals surface area contributed by atoms with Crippen molar-refractivity contribution < 1.29 is 9.53 Å². The molecule has 23 heavy (non-hydrogen) atoms. The van der Waals surface area contributed by atoms with E-state index in [1.54, 1.807) is 7.11 Å². The summed E-state index contributed by atoms with van der Waals surface area (Å²) in [4.78, 5) is 14.4. The van der Waals surface area contributed by atoms with Gasteiger partial charge in [0, 0.05) is 15.7 Å². The van der Waals surface area contributed by atoms with E-state index in [0.29, 0.717) is 12.1 Å². The summed E-state index contributed by atoms with van der Waals surface area (Å²) in [6, 6.07) is 15.6. The van der Waals surface area contributed by atoms with Gasteiger partial charge in [0.15, 0.2) is 0 Å². The number of carbonyl (C=O) groups excluding carboxylic acids is 1. The highest BCUT2D eigenvalue weighted by Gasteiger charge is 2.16. The van der Waals surface area contributed by atoms with E-state index in [-0.39, 0.29) is 11.9 Å².